The van der Waals surface area contributed by atoms with Gasteiger partial charge in [-0.3, -0.25) is 9.59 Å². The number of thioether (sulfide) groups is 2. The molecule has 0 aliphatic rings. The Morgan fingerprint density at radius 3 is 2.64 bits per heavy atom. The minimum absolute atomic E-state index is 0.142. The second-order valence-corrected chi connectivity index (χ2v) is 9.11. The van der Waals surface area contributed by atoms with Gasteiger partial charge in [0, 0.05) is 9.77 Å². The summed E-state index contributed by atoms with van der Waals surface area (Å²) in [6.07, 6.45) is 0. The SMILES string of the molecule is Cc1sc2nc(SCC(=O)Nc3ccccc3SCC(N)=O)nc(N)c2c1C. The molecule has 0 saturated carbocycles. The number of aryl methyl sites for hydroxylation is 2. The van der Waals surface area contributed by atoms with E-state index in [0.29, 0.717) is 16.7 Å². The average molecular weight is 434 g/mol. The first-order valence-electron chi connectivity index (χ1n) is 8.31. The van der Waals surface area contributed by atoms with Gasteiger partial charge in [-0.1, -0.05) is 23.9 Å². The lowest BCUT2D eigenvalue weighted by Crippen LogP contribution is -2.16. The summed E-state index contributed by atoms with van der Waals surface area (Å²) in [6.45, 7) is 4.02. The first-order valence-corrected chi connectivity index (χ1v) is 11.1. The molecule has 0 bridgehead atoms. The minimum atomic E-state index is -0.411. The molecule has 3 rings (SSSR count). The highest BCUT2D eigenvalue weighted by Gasteiger charge is 2.14. The molecule has 0 aliphatic heterocycles. The van der Waals surface area contributed by atoms with E-state index in [4.69, 9.17) is 11.5 Å². The zero-order valence-corrected chi connectivity index (χ0v) is 17.8. The van der Waals surface area contributed by atoms with Crippen molar-refractivity contribution in [2.75, 3.05) is 22.6 Å². The normalized spacial score (nSPS) is 10.9. The molecule has 0 aliphatic carbocycles. The zero-order valence-electron chi connectivity index (χ0n) is 15.3. The number of rotatable bonds is 7. The van der Waals surface area contributed by atoms with Gasteiger partial charge in [-0.05, 0) is 31.5 Å². The fraction of sp³-hybridized carbons (Fsp3) is 0.222. The number of amides is 2. The minimum Gasteiger partial charge on any atom is -0.383 e. The third-order valence-corrected chi connectivity index (χ3v) is 6.94. The predicted molar refractivity (Wildman–Crippen MR) is 117 cm³/mol. The predicted octanol–water partition coefficient (Wildman–Crippen LogP) is 3.20. The number of anilines is 2. The molecule has 2 heterocycles. The number of thiophene rings is 1. The monoisotopic (exact) mass is 433 g/mol. The number of carbonyl (C=O) groups is 2. The van der Waals surface area contributed by atoms with Crippen molar-refractivity contribution in [2.45, 2.75) is 23.9 Å². The lowest BCUT2D eigenvalue weighted by molar-refractivity contribution is -0.115. The molecule has 0 unspecified atom stereocenters. The summed E-state index contributed by atoms with van der Waals surface area (Å²) in [5, 5.41) is 4.21. The van der Waals surface area contributed by atoms with Gasteiger partial charge in [-0.15, -0.1) is 23.1 Å². The summed E-state index contributed by atoms with van der Waals surface area (Å²) in [4.78, 5) is 35.0. The lowest BCUT2D eigenvalue weighted by atomic mass is 10.2. The summed E-state index contributed by atoms with van der Waals surface area (Å²) in [7, 11) is 0. The van der Waals surface area contributed by atoms with Crippen molar-refractivity contribution in [3.05, 3.63) is 34.7 Å². The molecule has 0 fully saturated rings. The molecule has 3 aromatic rings. The number of nitrogens with zero attached hydrogens (tertiary/aromatic N) is 2. The first kappa shape index (κ1) is 20.4. The van der Waals surface area contributed by atoms with Crippen molar-refractivity contribution in [3.63, 3.8) is 0 Å². The smallest absolute Gasteiger partial charge is 0.234 e. The third-order valence-electron chi connectivity index (χ3n) is 3.90. The summed E-state index contributed by atoms with van der Waals surface area (Å²) in [6, 6.07) is 7.26. The van der Waals surface area contributed by atoms with Crippen LogP contribution in [0.25, 0.3) is 10.2 Å². The van der Waals surface area contributed by atoms with Gasteiger partial charge in [0.1, 0.15) is 10.6 Å². The Morgan fingerprint density at radius 2 is 1.89 bits per heavy atom. The van der Waals surface area contributed by atoms with Gasteiger partial charge in [-0.25, -0.2) is 9.97 Å². The Bertz CT molecular complexity index is 1050. The van der Waals surface area contributed by atoms with Crippen LogP contribution in [0.3, 0.4) is 0 Å². The van der Waals surface area contributed by atoms with Gasteiger partial charge in [-0.2, -0.15) is 0 Å². The average Bonchev–Trinajstić information content (AvgIpc) is 2.93. The number of primary amides is 1. The van der Waals surface area contributed by atoms with Gasteiger partial charge in [0.2, 0.25) is 11.8 Å². The highest BCUT2D eigenvalue weighted by atomic mass is 32.2. The maximum absolute atomic E-state index is 12.4. The van der Waals surface area contributed by atoms with Crippen LogP contribution >= 0.6 is 34.9 Å². The Morgan fingerprint density at radius 1 is 1.14 bits per heavy atom. The Kier molecular flexibility index (Phi) is 6.42. The van der Waals surface area contributed by atoms with Crippen LogP contribution in [0.5, 0.6) is 0 Å². The van der Waals surface area contributed by atoms with E-state index >= 15 is 0 Å². The molecule has 0 spiro atoms. The first-order chi connectivity index (χ1) is 13.3. The van der Waals surface area contributed by atoms with E-state index in [1.54, 1.807) is 17.4 Å². The molecule has 2 amide bonds. The Hall–Kier alpha value is -2.30. The molecular weight excluding hydrogens is 414 g/mol. The topological polar surface area (TPSA) is 124 Å². The van der Waals surface area contributed by atoms with Crippen molar-refractivity contribution in [3.8, 4) is 0 Å². The van der Waals surface area contributed by atoms with Crippen molar-refractivity contribution in [1.29, 1.82) is 0 Å². The van der Waals surface area contributed by atoms with Crippen LogP contribution in [0.15, 0.2) is 34.3 Å². The molecule has 0 saturated heterocycles. The fourth-order valence-corrected chi connectivity index (χ4v) is 4.98. The van der Waals surface area contributed by atoms with E-state index in [1.165, 1.54) is 23.5 Å². The summed E-state index contributed by atoms with van der Waals surface area (Å²) < 4.78 is 0. The van der Waals surface area contributed by atoms with Crippen LogP contribution < -0.4 is 16.8 Å². The fourth-order valence-electron chi connectivity index (χ4n) is 2.49. The molecule has 7 nitrogen and oxygen atoms in total. The van der Waals surface area contributed by atoms with Crippen molar-refractivity contribution >= 4 is 68.4 Å². The molecule has 0 radical (unpaired) electrons. The highest BCUT2D eigenvalue weighted by Crippen LogP contribution is 2.33. The van der Waals surface area contributed by atoms with Crippen LogP contribution in [-0.2, 0) is 9.59 Å². The molecule has 1 aromatic carbocycles. The second-order valence-electron chi connectivity index (χ2n) is 5.94. The summed E-state index contributed by atoms with van der Waals surface area (Å²) in [5.74, 6) is 0.115. The highest BCUT2D eigenvalue weighted by molar-refractivity contribution is 8.00. The van der Waals surface area contributed by atoms with Crippen LogP contribution in [0.4, 0.5) is 11.5 Å². The third kappa shape index (κ3) is 4.75. The standard InChI is InChI=1S/C18H19N5O2S3/c1-9-10(2)28-17-15(9)16(20)22-18(23-17)27-8-14(25)21-11-5-3-4-6-12(11)26-7-13(19)24/h3-6H,7-8H2,1-2H3,(H2,19,24)(H,21,25)(H2,20,22,23). The maximum Gasteiger partial charge on any atom is 0.234 e. The quantitative estimate of drug-likeness (QED) is 0.386. The number of fused-ring (bicyclic) bond motifs is 1. The molecule has 28 heavy (non-hydrogen) atoms. The molecule has 0 atom stereocenters. The molecule has 10 heteroatoms. The summed E-state index contributed by atoms with van der Waals surface area (Å²) in [5.41, 5.74) is 13.0. The Labute approximate surface area is 174 Å². The van der Waals surface area contributed by atoms with E-state index < -0.39 is 5.91 Å². The van der Waals surface area contributed by atoms with Crippen LogP contribution in [0.2, 0.25) is 0 Å². The molecule has 2 aromatic heterocycles. The Balaban J connectivity index is 1.67. The van der Waals surface area contributed by atoms with E-state index in [9.17, 15) is 9.59 Å². The van der Waals surface area contributed by atoms with Gasteiger partial charge in [0.05, 0.1) is 22.6 Å². The second kappa shape index (κ2) is 8.80. The molecular formula is C18H19N5O2S3. The number of aromatic nitrogens is 2. The number of hydrogen-bond acceptors (Lipinski definition) is 8. The van der Waals surface area contributed by atoms with Crippen molar-refractivity contribution < 1.29 is 9.59 Å². The number of carbonyl (C=O) groups excluding carboxylic acids is 2. The zero-order chi connectivity index (χ0) is 20.3. The molecule has 146 valence electrons. The summed E-state index contributed by atoms with van der Waals surface area (Å²) >= 11 is 4.08. The number of benzene rings is 1. The number of nitrogen functional groups attached to an aromatic ring is 1. The number of nitrogens with one attached hydrogen (secondary N) is 1. The van der Waals surface area contributed by atoms with E-state index in [-0.39, 0.29) is 17.4 Å². The van der Waals surface area contributed by atoms with Gasteiger partial charge < -0.3 is 16.8 Å². The van der Waals surface area contributed by atoms with Crippen LogP contribution in [-0.4, -0.2) is 33.3 Å². The number of para-hydroxylation sites is 1. The molecule has 5 N–H and O–H groups in total. The van der Waals surface area contributed by atoms with Gasteiger partial charge >= 0.3 is 0 Å². The van der Waals surface area contributed by atoms with Gasteiger partial charge in [0.25, 0.3) is 0 Å². The van der Waals surface area contributed by atoms with Gasteiger partial charge in [0.15, 0.2) is 5.16 Å². The van der Waals surface area contributed by atoms with Crippen LogP contribution in [0, 0.1) is 13.8 Å². The number of nitrogens with two attached hydrogens (primary N) is 2. The lowest BCUT2D eigenvalue weighted by Gasteiger charge is -2.10. The van der Waals surface area contributed by atoms with Crippen molar-refractivity contribution in [2.24, 2.45) is 5.73 Å². The van der Waals surface area contributed by atoms with E-state index in [1.807, 2.05) is 32.0 Å². The van der Waals surface area contributed by atoms with E-state index in [0.717, 1.165) is 25.6 Å². The van der Waals surface area contributed by atoms with E-state index in [2.05, 4.69) is 15.3 Å². The van der Waals surface area contributed by atoms with Crippen molar-refractivity contribution in [1.82, 2.24) is 9.97 Å². The largest absolute Gasteiger partial charge is 0.383 e. The maximum atomic E-state index is 12.4. The number of hydrogen-bond donors (Lipinski definition) is 3. The van der Waals surface area contributed by atoms with Crippen LogP contribution in [0.1, 0.15) is 10.4 Å².